The van der Waals surface area contributed by atoms with E-state index in [4.69, 9.17) is 16.3 Å². The van der Waals surface area contributed by atoms with Crippen LogP contribution in [0.15, 0.2) is 36.4 Å². The molecule has 0 radical (unpaired) electrons. The zero-order valence-corrected chi connectivity index (χ0v) is 12.5. The molecule has 108 valence electrons. The number of anilines is 1. The van der Waals surface area contributed by atoms with Crippen LogP contribution in [-0.2, 0) is 6.42 Å². The number of ketones is 1. The van der Waals surface area contributed by atoms with Crippen LogP contribution >= 0.6 is 11.6 Å². The van der Waals surface area contributed by atoms with E-state index < -0.39 is 0 Å². The maximum Gasteiger partial charge on any atom is 0.171 e. The molecular formula is C17H16ClNO2. The van der Waals surface area contributed by atoms with Crippen molar-refractivity contribution in [2.24, 2.45) is 0 Å². The van der Waals surface area contributed by atoms with Crippen molar-refractivity contribution in [3.63, 3.8) is 0 Å². The fourth-order valence-electron chi connectivity index (χ4n) is 2.45. The highest BCUT2D eigenvalue weighted by molar-refractivity contribution is 6.31. The van der Waals surface area contributed by atoms with Crippen molar-refractivity contribution >= 4 is 23.1 Å². The Balaban J connectivity index is 1.89. The second-order valence-corrected chi connectivity index (χ2v) is 5.56. The first-order chi connectivity index (χ1) is 10.1. The molecule has 2 aromatic rings. The standard InChI is InChI=1S/C17H16ClNO2/c1-11-5-6-12(14(18)9-11)10-16(20)13-3-2-4-15-17(13)21-8-7-19-15/h2-6,9,19H,7-8,10H2,1H3. The number of carbonyl (C=O) groups is 1. The third-order valence-electron chi connectivity index (χ3n) is 3.54. The van der Waals surface area contributed by atoms with E-state index in [0.29, 0.717) is 22.9 Å². The summed E-state index contributed by atoms with van der Waals surface area (Å²) in [5, 5.41) is 3.87. The average molecular weight is 302 g/mol. The first-order valence-electron chi connectivity index (χ1n) is 6.93. The third kappa shape index (κ3) is 2.88. The molecule has 0 spiro atoms. The molecule has 1 aliphatic rings. The lowest BCUT2D eigenvalue weighted by Crippen LogP contribution is -2.20. The van der Waals surface area contributed by atoms with Crippen LogP contribution in [0.25, 0.3) is 0 Å². The highest BCUT2D eigenvalue weighted by atomic mass is 35.5. The highest BCUT2D eigenvalue weighted by Crippen LogP contribution is 2.32. The maximum absolute atomic E-state index is 12.6. The van der Waals surface area contributed by atoms with Gasteiger partial charge in [0.1, 0.15) is 6.61 Å². The minimum atomic E-state index is 0.0151. The van der Waals surface area contributed by atoms with Gasteiger partial charge in [0.25, 0.3) is 0 Å². The fourth-order valence-corrected chi connectivity index (χ4v) is 2.76. The van der Waals surface area contributed by atoms with Gasteiger partial charge in [0.05, 0.1) is 11.3 Å². The van der Waals surface area contributed by atoms with Crippen LogP contribution in [0, 0.1) is 6.92 Å². The van der Waals surface area contributed by atoms with Crippen LogP contribution < -0.4 is 10.1 Å². The van der Waals surface area contributed by atoms with E-state index in [1.165, 1.54) is 0 Å². The van der Waals surface area contributed by atoms with Crippen LogP contribution in [0.2, 0.25) is 5.02 Å². The molecule has 1 heterocycles. The van der Waals surface area contributed by atoms with Crippen molar-refractivity contribution in [3.05, 3.63) is 58.1 Å². The van der Waals surface area contributed by atoms with Gasteiger partial charge in [0, 0.05) is 18.0 Å². The summed E-state index contributed by atoms with van der Waals surface area (Å²) in [6.07, 6.45) is 0.277. The maximum atomic E-state index is 12.6. The van der Waals surface area contributed by atoms with Crippen LogP contribution in [0.4, 0.5) is 5.69 Å². The summed E-state index contributed by atoms with van der Waals surface area (Å²) in [4.78, 5) is 12.6. The molecule has 21 heavy (non-hydrogen) atoms. The Morgan fingerprint density at radius 1 is 1.33 bits per heavy atom. The number of rotatable bonds is 3. The lowest BCUT2D eigenvalue weighted by atomic mass is 10.0. The third-order valence-corrected chi connectivity index (χ3v) is 3.89. The number of benzene rings is 2. The van der Waals surface area contributed by atoms with Crippen molar-refractivity contribution in [2.45, 2.75) is 13.3 Å². The van der Waals surface area contributed by atoms with E-state index in [-0.39, 0.29) is 12.2 Å². The lowest BCUT2D eigenvalue weighted by Gasteiger charge is -2.21. The Bertz CT molecular complexity index is 697. The van der Waals surface area contributed by atoms with Gasteiger partial charge in [-0.25, -0.2) is 0 Å². The molecule has 0 bridgehead atoms. The van der Waals surface area contributed by atoms with Gasteiger partial charge in [-0.15, -0.1) is 0 Å². The van der Waals surface area contributed by atoms with Crippen LogP contribution in [0.5, 0.6) is 5.75 Å². The van der Waals surface area contributed by atoms with E-state index >= 15 is 0 Å². The Morgan fingerprint density at radius 3 is 3.00 bits per heavy atom. The number of Topliss-reactive ketones (excluding diaryl/α,β-unsaturated/α-hetero) is 1. The summed E-state index contributed by atoms with van der Waals surface area (Å²) in [7, 11) is 0. The number of hydrogen-bond donors (Lipinski definition) is 1. The highest BCUT2D eigenvalue weighted by Gasteiger charge is 2.19. The molecule has 2 aromatic carbocycles. The topological polar surface area (TPSA) is 38.3 Å². The summed E-state index contributed by atoms with van der Waals surface area (Å²) in [5.41, 5.74) is 3.41. The minimum Gasteiger partial charge on any atom is -0.489 e. The van der Waals surface area contributed by atoms with Gasteiger partial charge in [0.15, 0.2) is 11.5 Å². The summed E-state index contributed by atoms with van der Waals surface area (Å²) in [5.74, 6) is 0.665. The van der Waals surface area contributed by atoms with Gasteiger partial charge in [-0.05, 0) is 36.2 Å². The van der Waals surface area contributed by atoms with Gasteiger partial charge in [-0.2, -0.15) is 0 Å². The monoisotopic (exact) mass is 301 g/mol. The molecule has 0 amide bonds. The molecule has 0 aliphatic carbocycles. The zero-order valence-electron chi connectivity index (χ0n) is 11.8. The smallest absolute Gasteiger partial charge is 0.171 e. The Kier molecular flexibility index (Phi) is 3.84. The quantitative estimate of drug-likeness (QED) is 0.874. The molecule has 0 aromatic heterocycles. The van der Waals surface area contributed by atoms with Gasteiger partial charge in [0.2, 0.25) is 0 Å². The van der Waals surface area contributed by atoms with E-state index in [0.717, 1.165) is 23.4 Å². The molecule has 3 rings (SSSR count). The number of para-hydroxylation sites is 1. The molecule has 4 heteroatoms. The van der Waals surface area contributed by atoms with E-state index in [2.05, 4.69) is 5.32 Å². The van der Waals surface area contributed by atoms with E-state index in [9.17, 15) is 4.79 Å². The molecule has 0 unspecified atom stereocenters. The zero-order chi connectivity index (χ0) is 14.8. The first kappa shape index (κ1) is 14.0. The molecule has 1 aliphatic heterocycles. The Morgan fingerprint density at radius 2 is 2.19 bits per heavy atom. The number of fused-ring (bicyclic) bond motifs is 1. The van der Waals surface area contributed by atoms with Crippen molar-refractivity contribution in [3.8, 4) is 5.75 Å². The number of halogens is 1. The van der Waals surface area contributed by atoms with Crippen molar-refractivity contribution in [1.82, 2.24) is 0 Å². The Hall–Kier alpha value is -2.00. The molecule has 0 saturated carbocycles. The summed E-state index contributed by atoms with van der Waals surface area (Å²) < 4.78 is 5.65. The normalized spacial score (nSPS) is 13.0. The van der Waals surface area contributed by atoms with Gasteiger partial charge < -0.3 is 10.1 Å². The van der Waals surface area contributed by atoms with Crippen molar-refractivity contribution in [2.75, 3.05) is 18.5 Å². The molecule has 0 atom stereocenters. The van der Waals surface area contributed by atoms with Crippen LogP contribution in [0.3, 0.4) is 0 Å². The summed E-state index contributed by atoms with van der Waals surface area (Å²) >= 11 is 6.21. The average Bonchev–Trinajstić information content (AvgIpc) is 2.49. The molecular weight excluding hydrogens is 286 g/mol. The number of carbonyl (C=O) groups excluding carboxylic acids is 1. The first-order valence-corrected chi connectivity index (χ1v) is 7.31. The largest absolute Gasteiger partial charge is 0.489 e. The van der Waals surface area contributed by atoms with Gasteiger partial charge in [-0.1, -0.05) is 29.8 Å². The van der Waals surface area contributed by atoms with Crippen molar-refractivity contribution in [1.29, 1.82) is 0 Å². The van der Waals surface area contributed by atoms with Crippen LogP contribution in [0.1, 0.15) is 21.5 Å². The second-order valence-electron chi connectivity index (χ2n) is 5.15. The molecule has 3 nitrogen and oxygen atoms in total. The molecule has 0 fully saturated rings. The summed E-state index contributed by atoms with van der Waals surface area (Å²) in [6, 6.07) is 11.3. The number of ether oxygens (including phenoxy) is 1. The van der Waals surface area contributed by atoms with Crippen molar-refractivity contribution < 1.29 is 9.53 Å². The van der Waals surface area contributed by atoms with Gasteiger partial charge >= 0.3 is 0 Å². The number of hydrogen-bond acceptors (Lipinski definition) is 3. The van der Waals surface area contributed by atoms with E-state index in [1.807, 2.05) is 37.3 Å². The second kappa shape index (κ2) is 5.78. The predicted octanol–water partition coefficient (Wildman–Crippen LogP) is 3.88. The SMILES string of the molecule is Cc1ccc(CC(=O)c2cccc3c2OCCN3)c(Cl)c1. The van der Waals surface area contributed by atoms with Crippen LogP contribution in [-0.4, -0.2) is 18.9 Å². The number of nitrogens with one attached hydrogen (secondary N) is 1. The van der Waals surface area contributed by atoms with Gasteiger partial charge in [-0.3, -0.25) is 4.79 Å². The molecule has 1 N–H and O–H groups in total. The summed E-state index contributed by atoms with van der Waals surface area (Å²) in [6.45, 7) is 3.31. The molecule has 0 saturated heterocycles. The van der Waals surface area contributed by atoms with E-state index in [1.54, 1.807) is 6.07 Å². The number of aryl methyl sites for hydroxylation is 1. The minimum absolute atomic E-state index is 0.0151. The lowest BCUT2D eigenvalue weighted by molar-refractivity contribution is 0.0989. The predicted molar refractivity (Wildman–Crippen MR) is 84.7 cm³/mol. The fraction of sp³-hybridized carbons (Fsp3) is 0.235. The Labute approximate surface area is 128 Å².